The smallest absolute Gasteiger partial charge is 0.206 e. The fourth-order valence-corrected chi connectivity index (χ4v) is 3.51. The van der Waals surface area contributed by atoms with Crippen LogP contribution in [0.15, 0.2) is 48.5 Å². The summed E-state index contributed by atoms with van der Waals surface area (Å²) in [5, 5.41) is 0.796. The Hall–Kier alpha value is -2.53. The molecule has 0 N–H and O–H groups in total. The van der Waals surface area contributed by atoms with Gasteiger partial charge >= 0.3 is 0 Å². The summed E-state index contributed by atoms with van der Waals surface area (Å²) < 4.78 is 19.9. The molecule has 0 saturated carbocycles. The van der Waals surface area contributed by atoms with Crippen molar-refractivity contribution in [3.8, 4) is 5.75 Å². The Morgan fingerprint density at radius 1 is 1.04 bits per heavy atom. The lowest BCUT2D eigenvalue weighted by atomic mass is 9.91. The molecule has 1 heterocycles. The van der Waals surface area contributed by atoms with Crippen LogP contribution in [0, 0.1) is 11.2 Å². The van der Waals surface area contributed by atoms with Crippen molar-refractivity contribution < 1.29 is 18.7 Å². The van der Waals surface area contributed by atoms with Crippen LogP contribution >= 0.6 is 11.3 Å². The summed E-state index contributed by atoms with van der Waals surface area (Å²) >= 11 is 1.31. The van der Waals surface area contributed by atoms with Gasteiger partial charge in [-0.2, -0.15) is 0 Å². The molecule has 0 fully saturated rings. The molecule has 0 aliphatic rings. The number of ketones is 2. The maximum absolute atomic E-state index is 13.1. The average Bonchev–Trinajstić information content (AvgIpc) is 2.97. The number of ether oxygens (including phenoxy) is 1. The molecule has 134 valence electrons. The zero-order valence-electron chi connectivity index (χ0n) is 14.8. The molecule has 0 atom stereocenters. The van der Waals surface area contributed by atoms with Gasteiger partial charge in [-0.3, -0.25) is 9.59 Å². The second kappa shape index (κ2) is 7.00. The highest BCUT2D eigenvalue weighted by Gasteiger charge is 2.25. The van der Waals surface area contributed by atoms with Gasteiger partial charge in [-0.15, -0.1) is 11.3 Å². The van der Waals surface area contributed by atoms with Gasteiger partial charge in [0.1, 0.15) is 23.1 Å². The van der Waals surface area contributed by atoms with Crippen molar-refractivity contribution >= 4 is 33.0 Å². The van der Waals surface area contributed by atoms with Gasteiger partial charge in [-0.1, -0.05) is 32.9 Å². The Kier molecular flexibility index (Phi) is 4.92. The molecule has 26 heavy (non-hydrogen) atoms. The first-order valence-electron chi connectivity index (χ1n) is 8.25. The summed E-state index contributed by atoms with van der Waals surface area (Å²) in [6.07, 6.45) is 0. The Morgan fingerprint density at radius 3 is 2.35 bits per heavy atom. The van der Waals surface area contributed by atoms with Gasteiger partial charge in [0.25, 0.3) is 0 Å². The first-order chi connectivity index (χ1) is 12.3. The SMILES string of the molecule is CC(C)(C)C(=O)COc1c(C(=O)c2ccc(F)cc2)sc2ccccc12. The lowest BCUT2D eigenvalue weighted by Gasteiger charge is -2.17. The van der Waals surface area contributed by atoms with Gasteiger partial charge in [0, 0.05) is 21.1 Å². The van der Waals surface area contributed by atoms with Crippen LogP contribution < -0.4 is 4.74 Å². The van der Waals surface area contributed by atoms with E-state index in [4.69, 9.17) is 4.74 Å². The normalized spacial score (nSPS) is 11.5. The molecule has 0 spiro atoms. The van der Waals surface area contributed by atoms with Crippen molar-refractivity contribution in [1.82, 2.24) is 0 Å². The molecule has 1 aromatic heterocycles. The van der Waals surface area contributed by atoms with Crippen LogP contribution in [0.25, 0.3) is 10.1 Å². The van der Waals surface area contributed by atoms with E-state index < -0.39 is 11.2 Å². The first-order valence-corrected chi connectivity index (χ1v) is 9.07. The maximum atomic E-state index is 13.1. The van der Waals surface area contributed by atoms with Crippen LogP contribution in [0.2, 0.25) is 0 Å². The Morgan fingerprint density at radius 2 is 1.69 bits per heavy atom. The summed E-state index contributed by atoms with van der Waals surface area (Å²) in [4.78, 5) is 25.6. The highest BCUT2D eigenvalue weighted by Crippen LogP contribution is 2.39. The molecule has 0 bridgehead atoms. The number of fused-ring (bicyclic) bond motifs is 1. The predicted octanol–water partition coefficient (Wildman–Crippen LogP) is 5.27. The largest absolute Gasteiger partial charge is 0.483 e. The van der Waals surface area contributed by atoms with Crippen LogP contribution in [-0.2, 0) is 4.79 Å². The number of Topliss-reactive ketones (excluding diaryl/α,β-unsaturated/α-hetero) is 1. The van der Waals surface area contributed by atoms with E-state index in [0.717, 1.165) is 10.1 Å². The zero-order valence-corrected chi connectivity index (χ0v) is 15.7. The molecular formula is C21H19FO3S. The molecule has 3 rings (SSSR count). The standard InChI is InChI=1S/C21H19FO3S/c1-21(2,3)17(23)12-25-19-15-6-4-5-7-16(15)26-20(19)18(24)13-8-10-14(22)11-9-13/h4-11H,12H2,1-3H3. The number of carbonyl (C=O) groups excluding carboxylic acids is 2. The predicted molar refractivity (Wildman–Crippen MR) is 102 cm³/mol. The molecule has 3 nitrogen and oxygen atoms in total. The van der Waals surface area contributed by atoms with Crippen LogP contribution in [0.1, 0.15) is 36.0 Å². The molecule has 0 aliphatic carbocycles. The van der Waals surface area contributed by atoms with Crippen LogP contribution in [0.5, 0.6) is 5.75 Å². The average molecular weight is 370 g/mol. The highest BCUT2D eigenvalue weighted by molar-refractivity contribution is 7.21. The van der Waals surface area contributed by atoms with E-state index in [1.54, 1.807) is 0 Å². The van der Waals surface area contributed by atoms with Crippen LogP contribution in [0.3, 0.4) is 0 Å². The first kappa shape index (κ1) is 18.3. The zero-order chi connectivity index (χ0) is 18.9. The molecule has 5 heteroatoms. The summed E-state index contributed by atoms with van der Waals surface area (Å²) in [7, 11) is 0. The minimum atomic E-state index is -0.521. The van der Waals surface area contributed by atoms with Gasteiger partial charge in [0.2, 0.25) is 5.78 Å². The third kappa shape index (κ3) is 3.68. The van der Waals surface area contributed by atoms with E-state index in [9.17, 15) is 14.0 Å². The third-order valence-electron chi connectivity index (χ3n) is 4.05. The molecular weight excluding hydrogens is 351 g/mol. The van der Waals surface area contributed by atoms with Crippen molar-refractivity contribution in [2.75, 3.05) is 6.61 Å². The highest BCUT2D eigenvalue weighted by atomic mass is 32.1. The van der Waals surface area contributed by atoms with E-state index in [1.807, 2.05) is 45.0 Å². The fourth-order valence-electron chi connectivity index (χ4n) is 2.40. The summed E-state index contributed by atoms with van der Waals surface area (Å²) in [6, 6.07) is 12.9. The lowest BCUT2D eigenvalue weighted by molar-refractivity contribution is -0.128. The third-order valence-corrected chi connectivity index (χ3v) is 5.20. The molecule has 2 aromatic carbocycles. The maximum Gasteiger partial charge on any atom is 0.206 e. The van der Waals surface area contributed by atoms with E-state index in [0.29, 0.717) is 16.2 Å². The molecule has 0 aliphatic heterocycles. The minimum absolute atomic E-state index is 0.0482. The van der Waals surface area contributed by atoms with Crippen molar-refractivity contribution in [3.63, 3.8) is 0 Å². The van der Waals surface area contributed by atoms with Gasteiger partial charge in [0.15, 0.2) is 5.78 Å². The topological polar surface area (TPSA) is 43.4 Å². The Labute approximate surface area is 155 Å². The molecule has 0 saturated heterocycles. The minimum Gasteiger partial charge on any atom is -0.483 e. The number of benzene rings is 2. The Balaban J connectivity index is 2.00. The number of thiophene rings is 1. The van der Waals surface area contributed by atoms with E-state index in [1.165, 1.54) is 35.6 Å². The van der Waals surface area contributed by atoms with Crippen molar-refractivity contribution in [2.24, 2.45) is 5.41 Å². The molecule has 0 radical (unpaired) electrons. The van der Waals surface area contributed by atoms with Crippen molar-refractivity contribution in [3.05, 3.63) is 64.8 Å². The van der Waals surface area contributed by atoms with E-state index in [2.05, 4.69) is 0 Å². The van der Waals surface area contributed by atoms with Crippen molar-refractivity contribution in [2.45, 2.75) is 20.8 Å². The molecule has 0 amide bonds. The molecule has 3 aromatic rings. The van der Waals surface area contributed by atoms with E-state index >= 15 is 0 Å². The van der Waals surface area contributed by atoms with Crippen LogP contribution in [0.4, 0.5) is 4.39 Å². The second-order valence-electron chi connectivity index (χ2n) is 7.05. The quantitative estimate of drug-likeness (QED) is 0.575. The monoisotopic (exact) mass is 370 g/mol. The number of hydrogen-bond acceptors (Lipinski definition) is 4. The number of hydrogen-bond donors (Lipinski definition) is 0. The van der Waals surface area contributed by atoms with E-state index in [-0.39, 0.29) is 18.2 Å². The van der Waals surface area contributed by atoms with Gasteiger partial charge in [0.05, 0.1) is 0 Å². The van der Waals surface area contributed by atoms with Crippen LogP contribution in [-0.4, -0.2) is 18.2 Å². The number of halogens is 1. The van der Waals surface area contributed by atoms with Crippen molar-refractivity contribution in [1.29, 1.82) is 0 Å². The summed E-state index contributed by atoms with van der Waals surface area (Å²) in [5.41, 5.74) is -0.141. The summed E-state index contributed by atoms with van der Waals surface area (Å²) in [6.45, 7) is 5.38. The van der Waals surface area contributed by atoms with Gasteiger partial charge in [-0.05, 0) is 36.4 Å². The lowest BCUT2D eigenvalue weighted by Crippen LogP contribution is -2.26. The summed E-state index contributed by atoms with van der Waals surface area (Å²) in [5.74, 6) is -0.278. The Bertz CT molecular complexity index is 965. The second-order valence-corrected chi connectivity index (χ2v) is 8.11. The van der Waals surface area contributed by atoms with Gasteiger partial charge in [-0.25, -0.2) is 4.39 Å². The van der Waals surface area contributed by atoms with Gasteiger partial charge < -0.3 is 4.74 Å². The number of carbonyl (C=O) groups is 2. The fraction of sp³-hybridized carbons (Fsp3) is 0.238. The number of rotatable bonds is 5. The molecule has 0 unspecified atom stereocenters.